The SMILES string of the molecule is NC(=O)c1cccc2c[n+](Cc3ccccc3)ccc12. The maximum absolute atomic E-state index is 11.4. The first-order chi connectivity index (χ1) is 9.74. The van der Waals surface area contributed by atoms with Gasteiger partial charge in [0.25, 0.3) is 0 Å². The highest BCUT2D eigenvalue weighted by atomic mass is 16.1. The number of benzene rings is 2. The molecule has 2 N–H and O–H groups in total. The number of aromatic nitrogens is 1. The molecule has 98 valence electrons. The van der Waals surface area contributed by atoms with Crippen molar-refractivity contribution in [2.24, 2.45) is 5.73 Å². The number of fused-ring (bicyclic) bond motifs is 1. The highest BCUT2D eigenvalue weighted by molar-refractivity contribution is 6.05. The van der Waals surface area contributed by atoms with E-state index in [0.29, 0.717) is 5.56 Å². The van der Waals surface area contributed by atoms with Gasteiger partial charge in [-0.25, -0.2) is 4.57 Å². The molecule has 0 spiro atoms. The predicted molar refractivity (Wildman–Crippen MR) is 78.2 cm³/mol. The van der Waals surface area contributed by atoms with Gasteiger partial charge in [0, 0.05) is 28.0 Å². The molecule has 0 aliphatic heterocycles. The van der Waals surface area contributed by atoms with Crippen LogP contribution in [0.4, 0.5) is 0 Å². The van der Waals surface area contributed by atoms with E-state index in [1.54, 1.807) is 6.07 Å². The quantitative estimate of drug-likeness (QED) is 0.724. The van der Waals surface area contributed by atoms with E-state index in [1.165, 1.54) is 5.56 Å². The lowest BCUT2D eigenvalue weighted by Gasteiger charge is -2.03. The summed E-state index contributed by atoms with van der Waals surface area (Å²) in [5, 5.41) is 1.91. The van der Waals surface area contributed by atoms with E-state index in [4.69, 9.17) is 5.73 Å². The van der Waals surface area contributed by atoms with Crippen molar-refractivity contribution in [1.82, 2.24) is 0 Å². The average molecular weight is 263 g/mol. The summed E-state index contributed by atoms with van der Waals surface area (Å²) in [5.41, 5.74) is 7.20. The average Bonchev–Trinajstić information content (AvgIpc) is 2.47. The molecule has 1 amide bonds. The molecule has 20 heavy (non-hydrogen) atoms. The Hall–Kier alpha value is -2.68. The largest absolute Gasteiger partial charge is 0.366 e. The lowest BCUT2D eigenvalue weighted by Crippen LogP contribution is -2.33. The van der Waals surface area contributed by atoms with Crippen LogP contribution in [-0.4, -0.2) is 5.91 Å². The number of hydrogen-bond donors (Lipinski definition) is 1. The molecule has 0 bridgehead atoms. The molecule has 0 atom stereocenters. The van der Waals surface area contributed by atoms with Crippen molar-refractivity contribution in [1.29, 1.82) is 0 Å². The molecule has 3 nitrogen and oxygen atoms in total. The second-order valence-electron chi connectivity index (χ2n) is 4.78. The molecular weight excluding hydrogens is 248 g/mol. The molecule has 3 aromatic rings. The number of rotatable bonds is 3. The number of pyridine rings is 1. The second-order valence-corrected chi connectivity index (χ2v) is 4.78. The molecule has 1 heterocycles. The summed E-state index contributed by atoms with van der Waals surface area (Å²) in [5.74, 6) is -0.392. The molecule has 0 fully saturated rings. The lowest BCUT2D eigenvalue weighted by molar-refractivity contribution is -0.687. The van der Waals surface area contributed by atoms with Gasteiger partial charge >= 0.3 is 0 Å². The molecule has 0 aliphatic rings. The minimum Gasteiger partial charge on any atom is -0.366 e. The van der Waals surface area contributed by atoms with Crippen molar-refractivity contribution in [3.8, 4) is 0 Å². The fourth-order valence-electron chi connectivity index (χ4n) is 2.38. The zero-order valence-electron chi connectivity index (χ0n) is 11.0. The minimum atomic E-state index is -0.392. The minimum absolute atomic E-state index is 0.392. The van der Waals surface area contributed by atoms with Gasteiger partial charge < -0.3 is 5.73 Å². The van der Waals surface area contributed by atoms with Crippen molar-refractivity contribution < 1.29 is 9.36 Å². The fourth-order valence-corrected chi connectivity index (χ4v) is 2.38. The first-order valence-electron chi connectivity index (χ1n) is 6.49. The topological polar surface area (TPSA) is 47.0 Å². The van der Waals surface area contributed by atoms with Crippen LogP contribution < -0.4 is 10.3 Å². The maximum atomic E-state index is 11.4. The van der Waals surface area contributed by atoms with Crippen LogP contribution in [0.3, 0.4) is 0 Å². The van der Waals surface area contributed by atoms with Gasteiger partial charge in [0.2, 0.25) is 5.91 Å². The smallest absolute Gasteiger partial charge is 0.249 e. The van der Waals surface area contributed by atoms with Crippen molar-refractivity contribution >= 4 is 16.7 Å². The molecule has 3 heteroatoms. The number of amides is 1. The monoisotopic (exact) mass is 263 g/mol. The van der Waals surface area contributed by atoms with Gasteiger partial charge in [0.05, 0.1) is 0 Å². The van der Waals surface area contributed by atoms with E-state index in [1.807, 2.05) is 48.8 Å². The molecule has 0 radical (unpaired) electrons. The van der Waals surface area contributed by atoms with Crippen LogP contribution in [0, 0.1) is 0 Å². The van der Waals surface area contributed by atoms with Gasteiger partial charge in [-0.2, -0.15) is 0 Å². The van der Waals surface area contributed by atoms with E-state index in [9.17, 15) is 4.79 Å². The van der Waals surface area contributed by atoms with Crippen LogP contribution in [0.25, 0.3) is 10.8 Å². The summed E-state index contributed by atoms with van der Waals surface area (Å²) in [6.07, 6.45) is 4.01. The standard InChI is InChI=1S/C17H14N2O/c18-17(20)16-8-4-7-14-12-19(10-9-15(14)16)11-13-5-2-1-3-6-13/h1-10,12H,11H2,(H-,18,20)/p+1. The molecule has 2 aromatic carbocycles. The Morgan fingerprint density at radius 2 is 1.80 bits per heavy atom. The van der Waals surface area contributed by atoms with Crippen molar-refractivity contribution in [3.63, 3.8) is 0 Å². The Bertz CT molecular complexity index is 766. The van der Waals surface area contributed by atoms with E-state index >= 15 is 0 Å². The Labute approximate surface area is 117 Å². The number of carbonyl (C=O) groups is 1. The van der Waals surface area contributed by atoms with Gasteiger partial charge in [-0.1, -0.05) is 36.4 Å². The molecule has 0 saturated heterocycles. The summed E-state index contributed by atoms with van der Waals surface area (Å²) in [6.45, 7) is 0.803. The molecule has 3 rings (SSSR count). The Morgan fingerprint density at radius 3 is 2.55 bits per heavy atom. The highest BCUT2D eigenvalue weighted by Gasteiger charge is 2.10. The van der Waals surface area contributed by atoms with Crippen LogP contribution in [-0.2, 0) is 6.54 Å². The summed E-state index contributed by atoms with van der Waals surface area (Å²) >= 11 is 0. The number of hydrogen-bond acceptors (Lipinski definition) is 1. The van der Waals surface area contributed by atoms with Crippen molar-refractivity contribution in [3.05, 3.63) is 78.1 Å². The van der Waals surface area contributed by atoms with E-state index in [0.717, 1.165) is 17.3 Å². The lowest BCUT2D eigenvalue weighted by atomic mass is 10.1. The summed E-state index contributed by atoms with van der Waals surface area (Å²) in [4.78, 5) is 11.4. The summed E-state index contributed by atoms with van der Waals surface area (Å²) < 4.78 is 2.10. The fraction of sp³-hybridized carbons (Fsp3) is 0.0588. The third-order valence-electron chi connectivity index (χ3n) is 3.35. The Kier molecular flexibility index (Phi) is 3.17. The first-order valence-corrected chi connectivity index (χ1v) is 6.49. The van der Waals surface area contributed by atoms with Gasteiger partial charge in [-0.3, -0.25) is 4.79 Å². The van der Waals surface area contributed by atoms with E-state index in [-0.39, 0.29) is 0 Å². The zero-order chi connectivity index (χ0) is 13.9. The molecule has 0 aliphatic carbocycles. The number of primary amides is 1. The molecule has 0 saturated carbocycles. The maximum Gasteiger partial charge on any atom is 0.249 e. The predicted octanol–water partition coefficient (Wildman–Crippen LogP) is 2.27. The van der Waals surface area contributed by atoms with E-state index in [2.05, 4.69) is 16.7 Å². The summed E-state index contributed by atoms with van der Waals surface area (Å²) in [7, 11) is 0. The number of nitrogens with zero attached hydrogens (tertiary/aromatic N) is 1. The number of carbonyl (C=O) groups excluding carboxylic acids is 1. The van der Waals surface area contributed by atoms with Crippen LogP contribution in [0.15, 0.2) is 67.0 Å². The van der Waals surface area contributed by atoms with E-state index < -0.39 is 5.91 Å². The Balaban J connectivity index is 2.01. The molecule has 1 aromatic heterocycles. The normalized spacial score (nSPS) is 10.6. The van der Waals surface area contributed by atoms with Crippen LogP contribution in [0.1, 0.15) is 15.9 Å². The van der Waals surface area contributed by atoms with Gasteiger partial charge in [-0.05, 0) is 12.1 Å². The number of nitrogens with two attached hydrogens (primary N) is 1. The van der Waals surface area contributed by atoms with Crippen molar-refractivity contribution in [2.45, 2.75) is 6.54 Å². The Morgan fingerprint density at radius 1 is 1.00 bits per heavy atom. The summed E-state index contributed by atoms with van der Waals surface area (Å²) in [6, 6.07) is 17.8. The highest BCUT2D eigenvalue weighted by Crippen LogP contribution is 2.16. The van der Waals surface area contributed by atoms with Gasteiger partial charge in [0.15, 0.2) is 18.9 Å². The van der Waals surface area contributed by atoms with Crippen LogP contribution >= 0.6 is 0 Å². The third-order valence-corrected chi connectivity index (χ3v) is 3.35. The molecule has 0 unspecified atom stereocenters. The first kappa shape index (κ1) is 12.4. The second kappa shape index (κ2) is 5.13. The zero-order valence-corrected chi connectivity index (χ0v) is 11.0. The van der Waals surface area contributed by atoms with Gasteiger partial charge in [-0.15, -0.1) is 0 Å². The van der Waals surface area contributed by atoms with Crippen molar-refractivity contribution in [2.75, 3.05) is 0 Å². The third kappa shape index (κ3) is 2.38. The molecular formula is C17H15N2O+. The van der Waals surface area contributed by atoms with Crippen LogP contribution in [0.2, 0.25) is 0 Å². The van der Waals surface area contributed by atoms with Gasteiger partial charge in [0.1, 0.15) is 0 Å². The van der Waals surface area contributed by atoms with Crippen LogP contribution in [0.5, 0.6) is 0 Å².